The van der Waals surface area contributed by atoms with E-state index in [1.165, 1.54) is 11.3 Å². The average molecular weight is 452 g/mol. The Morgan fingerprint density at radius 3 is 2.70 bits per heavy atom. The first kappa shape index (κ1) is 21.0. The lowest BCUT2D eigenvalue weighted by Crippen LogP contribution is -2.46. The van der Waals surface area contributed by atoms with E-state index in [-0.39, 0.29) is 6.03 Å². The minimum atomic E-state index is -3.49. The van der Waals surface area contributed by atoms with Gasteiger partial charge in [-0.2, -0.15) is 4.31 Å². The fourth-order valence-electron chi connectivity index (χ4n) is 3.36. The molecule has 2 fully saturated rings. The van der Waals surface area contributed by atoms with E-state index in [9.17, 15) is 13.2 Å². The fraction of sp³-hybridized carbons (Fsp3) is 0.500. The number of urea groups is 1. The first-order chi connectivity index (χ1) is 14.4. The maximum absolute atomic E-state index is 12.9. The number of nitrogens with zero attached hydrogens (tertiary/aromatic N) is 5. The first-order valence-corrected chi connectivity index (χ1v) is 12.1. The Labute approximate surface area is 180 Å². The molecule has 2 N–H and O–H groups in total. The second-order valence-corrected chi connectivity index (χ2v) is 10.5. The molecule has 10 nitrogen and oxygen atoms in total. The van der Waals surface area contributed by atoms with Gasteiger partial charge < -0.3 is 20.4 Å². The highest BCUT2D eigenvalue weighted by Crippen LogP contribution is 2.31. The molecule has 2 saturated heterocycles. The van der Waals surface area contributed by atoms with Crippen LogP contribution in [0.15, 0.2) is 28.6 Å². The van der Waals surface area contributed by atoms with Crippen LogP contribution in [0, 0.1) is 0 Å². The molecule has 0 unspecified atom stereocenters. The highest BCUT2D eigenvalue weighted by atomic mass is 32.2. The minimum Gasteiger partial charge on any atom is -0.352 e. The molecular formula is C18H25N7O3S2. The topological polar surface area (TPSA) is 111 Å². The molecule has 162 valence electrons. The molecule has 12 heteroatoms. The molecule has 0 spiro atoms. The molecule has 4 rings (SSSR count). The maximum atomic E-state index is 12.9. The van der Waals surface area contributed by atoms with Crippen LogP contribution in [-0.4, -0.2) is 97.9 Å². The van der Waals surface area contributed by atoms with E-state index in [2.05, 4.69) is 25.5 Å². The number of anilines is 1. The van der Waals surface area contributed by atoms with Crippen molar-refractivity contribution in [3.63, 3.8) is 0 Å². The van der Waals surface area contributed by atoms with Crippen molar-refractivity contribution in [2.45, 2.75) is 4.21 Å². The smallest absolute Gasteiger partial charge is 0.317 e. The summed E-state index contributed by atoms with van der Waals surface area (Å²) in [6.45, 7) is 4.93. The summed E-state index contributed by atoms with van der Waals surface area (Å²) in [4.78, 5) is 24.9. The molecule has 2 aliphatic heterocycles. The monoisotopic (exact) mass is 451 g/mol. The van der Waals surface area contributed by atoms with Crippen LogP contribution in [0.4, 0.5) is 10.7 Å². The number of aromatic nitrogens is 2. The van der Waals surface area contributed by atoms with Gasteiger partial charge in [-0.3, -0.25) is 0 Å². The van der Waals surface area contributed by atoms with Gasteiger partial charge in [-0.25, -0.2) is 23.2 Å². The Morgan fingerprint density at radius 1 is 1.17 bits per heavy atom. The van der Waals surface area contributed by atoms with Gasteiger partial charge in [0.2, 0.25) is 5.95 Å². The van der Waals surface area contributed by atoms with Gasteiger partial charge in [0.15, 0.2) is 0 Å². The Morgan fingerprint density at radius 2 is 1.97 bits per heavy atom. The largest absolute Gasteiger partial charge is 0.352 e. The van der Waals surface area contributed by atoms with Crippen molar-refractivity contribution in [2.24, 2.45) is 0 Å². The van der Waals surface area contributed by atoms with Crippen molar-refractivity contribution in [1.82, 2.24) is 29.4 Å². The lowest BCUT2D eigenvalue weighted by atomic mass is 10.3. The van der Waals surface area contributed by atoms with Crippen molar-refractivity contribution in [3.05, 3.63) is 24.4 Å². The number of amides is 2. The number of carbonyl (C=O) groups is 1. The number of sulfonamides is 1. The summed E-state index contributed by atoms with van der Waals surface area (Å²) in [5.74, 6) is 0.448. The number of thiophene rings is 1. The van der Waals surface area contributed by atoms with Crippen LogP contribution in [-0.2, 0) is 10.0 Å². The summed E-state index contributed by atoms with van der Waals surface area (Å²) < 4.78 is 27.7. The molecule has 30 heavy (non-hydrogen) atoms. The van der Waals surface area contributed by atoms with E-state index in [1.54, 1.807) is 33.6 Å². The van der Waals surface area contributed by atoms with Gasteiger partial charge in [-0.15, -0.1) is 11.3 Å². The highest BCUT2D eigenvalue weighted by Gasteiger charge is 2.29. The predicted molar refractivity (Wildman–Crippen MR) is 115 cm³/mol. The number of hydrogen-bond acceptors (Lipinski definition) is 8. The van der Waals surface area contributed by atoms with E-state index >= 15 is 0 Å². The van der Waals surface area contributed by atoms with Crippen LogP contribution in [0.5, 0.6) is 0 Å². The third-order valence-electron chi connectivity index (χ3n) is 5.16. The summed E-state index contributed by atoms with van der Waals surface area (Å²) in [5, 5.41) is 5.89. The number of nitrogens with one attached hydrogen (secondary N) is 2. The molecule has 2 amide bonds. The van der Waals surface area contributed by atoms with Crippen molar-refractivity contribution in [1.29, 1.82) is 0 Å². The molecular weight excluding hydrogens is 426 g/mol. The van der Waals surface area contributed by atoms with Crippen LogP contribution in [0.2, 0.25) is 0 Å². The molecule has 4 heterocycles. The van der Waals surface area contributed by atoms with Gasteiger partial charge >= 0.3 is 6.03 Å². The lowest BCUT2D eigenvalue weighted by Gasteiger charge is -2.31. The number of rotatable bonds is 7. The summed E-state index contributed by atoms with van der Waals surface area (Å²) in [5.41, 5.74) is 0.663. The molecule has 0 radical (unpaired) electrons. The lowest BCUT2D eigenvalue weighted by molar-refractivity contribution is 0.219. The van der Waals surface area contributed by atoms with Crippen molar-refractivity contribution < 1.29 is 13.2 Å². The van der Waals surface area contributed by atoms with Gasteiger partial charge in [-0.1, -0.05) is 0 Å². The zero-order valence-corrected chi connectivity index (χ0v) is 18.4. The highest BCUT2D eigenvalue weighted by molar-refractivity contribution is 7.91. The summed E-state index contributed by atoms with van der Waals surface area (Å²) >= 11 is 1.22. The summed E-state index contributed by atoms with van der Waals surface area (Å²) in [6.07, 6.45) is 1.64. The predicted octanol–water partition coefficient (Wildman–Crippen LogP) is 0.578. The molecule has 0 aliphatic carbocycles. The Kier molecular flexibility index (Phi) is 6.18. The summed E-state index contributed by atoms with van der Waals surface area (Å²) in [7, 11) is -1.49. The number of hydrogen-bond donors (Lipinski definition) is 2. The van der Waals surface area contributed by atoms with E-state index in [4.69, 9.17) is 0 Å². The Hall–Kier alpha value is -2.28. The SMILES string of the molecule is CN1CCN(S(=O)(=O)c2ccc(-c3ccnc(NCCN4CCNC4=O)n3)s2)CC1. The second-order valence-electron chi connectivity index (χ2n) is 7.24. The van der Waals surface area contributed by atoms with Gasteiger partial charge in [0.25, 0.3) is 10.0 Å². The van der Waals surface area contributed by atoms with Crippen molar-refractivity contribution >= 4 is 33.3 Å². The molecule has 0 atom stereocenters. The van der Waals surface area contributed by atoms with Gasteiger partial charge in [-0.05, 0) is 25.2 Å². The van der Waals surface area contributed by atoms with Crippen LogP contribution < -0.4 is 10.6 Å². The normalized spacial score (nSPS) is 18.6. The maximum Gasteiger partial charge on any atom is 0.317 e. The standard InChI is InChI=1S/C18H25N7O3S2/c1-23-10-12-25(13-11-23)30(27,28)16-3-2-15(29-16)14-4-5-19-17(22-14)20-6-8-24-9-7-21-18(24)26/h2-5H,6-13H2,1H3,(H,21,26)(H,19,20,22). The van der Waals surface area contributed by atoms with E-state index in [0.29, 0.717) is 55.1 Å². The first-order valence-electron chi connectivity index (χ1n) is 9.82. The Bertz CT molecular complexity index is 1000. The number of carbonyl (C=O) groups excluding carboxylic acids is 1. The number of piperazine rings is 1. The zero-order chi connectivity index (χ0) is 21.1. The Balaban J connectivity index is 1.42. The van der Waals surface area contributed by atoms with Gasteiger partial charge in [0.1, 0.15) is 4.21 Å². The third-order valence-corrected chi connectivity index (χ3v) is 8.63. The van der Waals surface area contributed by atoms with E-state index < -0.39 is 10.0 Å². The van der Waals surface area contributed by atoms with Crippen LogP contribution in [0.1, 0.15) is 0 Å². The zero-order valence-electron chi connectivity index (χ0n) is 16.7. The quantitative estimate of drug-likeness (QED) is 0.633. The molecule has 0 aromatic carbocycles. The molecule has 2 aliphatic rings. The van der Waals surface area contributed by atoms with Crippen molar-refractivity contribution in [3.8, 4) is 10.6 Å². The van der Waals surface area contributed by atoms with E-state index in [1.807, 2.05) is 7.05 Å². The second kappa shape index (κ2) is 8.84. The average Bonchev–Trinajstić information content (AvgIpc) is 3.39. The summed E-state index contributed by atoms with van der Waals surface area (Å²) in [6, 6.07) is 5.14. The van der Waals surface area contributed by atoms with Crippen LogP contribution in [0.25, 0.3) is 10.6 Å². The van der Waals surface area contributed by atoms with Crippen molar-refractivity contribution in [2.75, 3.05) is 64.7 Å². The number of likely N-dealkylation sites (N-methyl/N-ethyl adjacent to an activating group) is 1. The van der Waals surface area contributed by atoms with Crippen LogP contribution >= 0.6 is 11.3 Å². The van der Waals surface area contributed by atoms with E-state index in [0.717, 1.165) is 18.0 Å². The molecule has 0 saturated carbocycles. The fourth-order valence-corrected chi connectivity index (χ4v) is 6.21. The third kappa shape index (κ3) is 4.56. The van der Waals surface area contributed by atoms with Crippen LogP contribution in [0.3, 0.4) is 0 Å². The van der Waals surface area contributed by atoms with Gasteiger partial charge in [0, 0.05) is 58.6 Å². The minimum absolute atomic E-state index is 0.0563. The molecule has 0 bridgehead atoms. The molecule has 2 aromatic heterocycles. The molecule has 2 aromatic rings. The van der Waals surface area contributed by atoms with Gasteiger partial charge in [0.05, 0.1) is 10.6 Å².